The maximum atomic E-state index is 12.3. The van der Waals surface area contributed by atoms with Crippen LogP contribution in [0.25, 0.3) is 11.5 Å². The Balaban J connectivity index is 1.34. The van der Waals surface area contributed by atoms with Gasteiger partial charge in [-0.1, -0.05) is 24.6 Å². The molecule has 2 bridgehead atoms. The van der Waals surface area contributed by atoms with E-state index in [9.17, 15) is 4.79 Å². The van der Waals surface area contributed by atoms with Crippen LogP contribution in [-0.2, 0) is 11.2 Å². The van der Waals surface area contributed by atoms with Gasteiger partial charge in [0.2, 0.25) is 11.8 Å². The predicted molar refractivity (Wildman–Crippen MR) is 92.2 cm³/mol. The Hall–Kier alpha value is -2.10. The quantitative estimate of drug-likeness (QED) is 0.909. The Kier molecular flexibility index (Phi) is 4.13. The standard InChI is InChI=1S/C20H24N2O2/c1-13(18-10-14-7-8-16(18)9-14)21-19(23)11-17-12-24-20(22-17)15-5-3-2-4-6-15/h2-6,12-14,16,18H,7-11H2,1H3,(H,21,23)/t13-,14-,16-,18+/m1/s1. The van der Waals surface area contributed by atoms with Gasteiger partial charge in [-0.05, 0) is 56.1 Å². The molecule has 4 atom stereocenters. The lowest BCUT2D eigenvalue weighted by molar-refractivity contribution is -0.121. The number of rotatable bonds is 5. The van der Waals surface area contributed by atoms with Gasteiger partial charge in [-0.15, -0.1) is 0 Å². The molecule has 0 saturated heterocycles. The highest BCUT2D eigenvalue weighted by molar-refractivity contribution is 5.78. The summed E-state index contributed by atoms with van der Waals surface area (Å²) in [5.41, 5.74) is 1.62. The number of carbonyl (C=O) groups excluding carboxylic acids is 1. The Morgan fingerprint density at radius 3 is 2.83 bits per heavy atom. The van der Waals surface area contributed by atoms with Gasteiger partial charge in [0.15, 0.2) is 0 Å². The molecule has 1 aromatic carbocycles. The second-order valence-electron chi connectivity index (χ2n) is 7.38. The van der Waals surface area contributed by atoms with Crippen molar-refractivity contribution in [3.05, 3.63) is 42.3 Å². The van der Waals surface area contributed by atoms with E-state index in [1.54, 1.807) is 6.26 Å². The Bertz CT molecular complexity index is 709. The minimum absolute atomic E-state index is 0.0400. The SMILES string of the molecule is C[C@@H](NC(=O)Cc1coc(-c2ccccc2)n1)[C@@H]1C[C@@H]2CC[C@@H]1C2. The van der Waals surface area contributed by atoms with Gasteiger partial charge in [-0.25, -0.2) is 4.98 Å². The second-order valence-corrected chi connectivity index (χ2v) is 7.38. The van der Waals surface area contributed by atoms with Gasteiger partial charge in [0.05, 0.1) is 12.1 Å². The zero-order valence-electron chi connectivity index (χ0n) is 14.1. The number of amides is 1. The molecular formula is C20H24N2O2. The lowest BCUT2D eigenvalue weighted by Crippen LogP contribution is -2.40. The van der Waals surface area contributed by atoms with E-state index in [2.05, 4.69) is 17.2 Å². The lowest BCUT2D eigenvalue weighted by Gasteiger charge is -2.28. The molecule has 1 heterocycles. The van der Waals surface area contributed by atoms with Crippen LogP contribution in [0.5, 0.6) is 0 Å². The molecule has 2 saturated carbocycles. The fourth-order valence-electron chi connectivity index (χ4n) is 4.58. The van der Waals surface area contributed by atoms with Crippen molar-refractivity contribution in [3.63, 3.8) is 0 Å². The molecule has 4 heteroatoms. The minimum Gasteiger partial charge on any atom is -0.444 e. The molecule has 0 aliphatic heterocycles. The van der Waals surface area contributed by atoms with Crippen molar-refractivity contribution in [1.29, 1.82) is 0 Å². The van der Waals surface area contributed by atoms with Crippen LogP contribution < -0.4 is 5.32 Å². The predicted octanol–water partition coefficient (Wildman–Crippen LogP) is 3.83. The van der Waals surface area contributed by atoms with Crippen molar-refractivity contribution in [3.8, 4) is 11.5 Å². The van der Waals surface area contributed by atoms with Crippen LogP contribution in [0, 0.1) is 17.8 Å². The van der Waals surface area contributed by atoms with Gasteiger partial charge in [0.25, 0.3) is 0 Å². The van der Waals surface area contributed by atoms with E-state index < -0.39 is 0 Å². The van der Waals surface area contributed by atoms with Crippen LogP contribution in [0.2, 0.25) is 0 Å². The highest BCUT2D eigenvalue weighted by atomic mass is 16.3. The average Bonchev–Trinajstić information content (AvgIpc) is 3.32. The summed E-state index contributed by atoms with van der Waals surface area (Å²) < 4.78 is 5.51. The van der Waals surface area contributed by atoms with Crippen LogP contribution in [0.3, 0.4) is 0 Å². The molecule has 1 aromatic heterocycles. The van der Waals surface area contributed by atoms with E-state index >= 15 is 0 Å². The summed E-state index contributed by atoms with van der Waals surface area (Å²) in [5.74, 6) is 2.99. The minimum atomic E-state index is 0.0400. The topological polar surface area (TPSA) is 55.1 Å². The Morgan fingerprint density at radius 1 is 1.29 bits per heavy atom. The Labute approximate surface area is 142 Å². The Morgan fingerprint density at radius 2 is 2.12 bits per heavy atom. The fraction of sp³-hybridized carbons (Fsp3) is 0.500. The molecule has 2 aliphatic carbocycles. The van der Waals surface area contributed by atoms with Gasteiger partial charge in [-0.2, -0.15) is 0 Å². The van der Waals surface area contributed by atoms with Crippen molar-refractivity contribution < 1.29 is 9.21 Å². The summed E-state index contributed by atoms with van der Waals surface area (Å²) in [5, 5.41) is 3.18. The van der Waals surface area contributed by atoms with Crippen LogP contribution in [-0.4, -0.2) is 16.9 Å². The molecule has 0 spiro atoms. The van der Waals surface area contributed by atoms with Crippen molar-refractivity contribution in [2.75, 3.05) is 0 Å². The smallest absolute Gasteiger partial charge is 0.226 e. The second kappa shape index (κ2) is 6.42. The summed E-state index contributed by atoms with van der Waals surface area (Å²) >= 11 is 0. The molecule has 2 aromatic rings. The molecule has 2 fully saturated rings. The maximum Gasteiger partial charge on any atom is 0.226 e. The van der Waals surface area contributed by atoms with E-state index in [4.69, 9.17) is 4.42 Å². The molecule has 126 valence electrons. The van der Waals surface area contributed by atoms with Crippen LogP contribution >= 0.6 is 0 Å². The number of nitrogens with zero attached hydrogens (tertiary/aromatic N) is 1. The van der Waals surface area contributed by atoms with E-state index in [0.717, 1.165) is 17.4 Å². The lowest BCUT2D eigenvalue weighted by atomic mass is 9.84. The van der Waals surface area contributed by atoms with Gasteiger partial charge in [0.1, 0.15) is 6.26 Å². The molecule has 1 amide bonds. The third kappa shape index (κ3) is 3.10. The third-order valence-electron chi connectivity index (χ3n) is 5.74. The van der Waals surface area contributed by atoms with Crippen molar-refractivity contribution >= 4 is 5.91 Å². The summed E-state index contributed by atoms with van der Waals surface area (Å²) in [7, 11) is 0. The van der Waals surface area contributed by atoms with E-state index in [1.807, 2.05) is 30.3 Å². The first-order chi connectivity index (χ1) is 11.7. The number of oxazole rings is 1. The normalized spacial score (nSPS) is 26.5. The highest BCUT2D eigenvalue weighted by Gasteiger charge is 2.42. The molecular weight excluding hydrogens is 300 g/mol. The van der Waals surface area contributed by atoms with Gasteiger partial charge >= 0.3 is 0 Å². The first-order valence-corrected chi connectivity index (χ1v) is 8.98. The number of hydrogen-bond acceptors (Lipinski definition) is 3. The molecule has 4 rings (SSSR count). The van der Waals surface area contributed by atoms with Crippen LogP contribution in [0.4, 0.5) is 0 Å². The first kappa shape index (κ1) is 15.4. The van der Waals surface area contributed by atoms with E-state index in [1.165, 1.54) is 25.7 Å². The number of carbonyl (C=O) groups is 1. The molecule has 4 nitrogen and oxygen atoms in total. The van der Waals surface area contributed by atoms with E-state index in [0.29, 0.717) is 17.5 Å². The number of aromatic nitrogens is 1. The maximum absolute atomic E-state index is 12.3. The van der Waals surface area contributed by atoms with Crippen molar-refractivity contribution in [2.45, 2.75) is 45.1 Å². The van der Waals surface area contributed by atoms with Crippen molar-refractivity contribution in [1.82, 2.24) is 10.3 Å². The first-order valence-electron chi connectivity index (χ1n) is 8.98. The molecule has 0 radical (unpaired) electrons. The monoisotopic (exact) mass is 324 g/mol. The van der Waals surface area contributed by atoms with Gasteiger partial charge in [0, 0.05) is 11.6 Å². The van der Waals surface area contributed by atoms with Crippen molar-refractivity contribution in [2.24, 2.45) is 17.8 Å². The number of hydrogen-bond donors (Lipinski definition) is 1. The molecule has 1 N–H and O–H groups in total. The van der Waals surface area contributed by atoms with E-state index in [-0.39, 0.29) is 18.4 Å². The van der Waals surface area contributed by atoms with Crippen LogP contribution in [0.1, 0.15) is 38.3 Å². The third-order valence-corrected chi connectivity index (χ3v) is 5.74. The molecule has 0 unspecified atom stereocenters. The summed E-state index contributed by atoms with van der Waals surface area (Å²) in [4.78, 5) is 16.8. The van der Waals surface area contributed by atoms with Crippen LogP contribution in [0.15, 0.2) is 41.0 Å². The number of nitrogens with one attached hydrogen (secondary N) is 1. The summed E-state index contributed by atoms with van der Waals surface area (Å²) in [6.07, 6.45) is 7.26. The molecule has 2 aliphatic rings. The fourth-order valence-corrected chi connectivity index (χ4v) is 4.58. The zero-order valence-corrected chi connectivity index (χ0v) is 14.1. The number of fused-ring (bicyclic) bond motifs is 2. The summed E-state index contributed by atoms with van der Waals surface area (Å²) in [6, 6.07) is 10.0. The summed E-state index contributed by atoms with van der Waals surface area (Å²) in [6.45, 7) is 2.15. The average molecular weight is 324 g/mol. The largest absolute Gasteiger partial charge is 0.444 e. The molecule has 24 heavy (non-hydrogen) atoms. The van der Waals surface area contributed by atoms with Gasteiger partial charge < -0.3 is 9.73 Å². The zero-order chi connectivity index (χ0) is 16.5. The van der Waals surface area contributed by atoms with Gasteiger partial charge in [-0.3, -0.25) is 4.79 Å². The highest BCUT2D eigenvalue weighted by Crippen LogP contribution is 2.49. The number of benzene rings is 1.